The highest BCUT2D eigenvalue weighted by Gasteiger charge is 2.21. The highest BCUT2D eigenvalue weighted by molar-refractivity contribution is 5.99. The van der Waals surface area contributed by atoms with E-state index in [1.165, 1.54) is 13.0 Å². The van der Waals surface area contributed by atoms with Gasteiger partial charge in [0, 0.05) is 19.1 Å². The summed E-state index contributed by atoms with van der Waals surface area (Å²) in [4.78, 5) is 37.1. The lowest BCUT2D eigenvalue weighted by atomic mass is 10.2. The van der Waals surface area contributed by atoms with Crippen LogP contribution >= 0.6 is 0 Å². The van der Waals surface area contributed by atoms with Gasteiger partial charge in [-0.1, -0.05) is 0 Å². The zero-order valence-electron chi connectivity index (χ0n) is 10.8. The number of methoxy groups -OCH3 is 1. The van der Waals surface area contributed by atoms with Crippen molar-refractivity contribution < 1.29 is 19.2 Å². The van der Waals surface area contributed by atoms with Gasteiger partial charge in [0.15, 0.2) is 0 Å². The van der Waals surface area contributed by atoms with Crippen molar-refractivity contribution in [2.24, 2.45) is 0 Å². The zero-order valence-corrected chi connectivity index (χ0v) is 10.8. The number of rotatable bonds is 4. The van der Waals surface area contributed by atoms with Crippen molar-refractivity contribution >= 4 is 28.9 Å². The summed E-state index contributed by atoms with van der Waals surface area (Å²) >= 11 is 0. The molecule has 0 radical (unpaired) electrons. The molecule has 0 bridgehead atoms. The Morgan fingerprint density at radius 3 is 2.60 bits per heavy atom. The van der Waals surface area contributed by atoms with Crippen LogP contribution in [0.3, 0.4) is 0 Å². The van der Waals surface area contributed by atoms with E-state index >= 15 is 0 Å². The van der Waals surface area contributed by atoms with Crippen LogP contribution in [0.15, 0.2) is 18.2 Å². The zero-order chi connectivity index (χ0) is 15.3. The van der Waals surface area contributed by atoms with Gasteiger partial charge in [0.2, 0.25) is 11.6 Å². The topological polar surface area (TPSA) is 94.1 Å². The maximum absolute atomic E-state index is 11.6. The molecule has 0 N–H and O–H groups in total. The van der Waals surface area contributed by atoms with Crippen LogP contribution in [0, 0.1) is 16.7 Å². The summed E-state index contributed by atoms with van der Waals surface area (Å²) in [6, 6.07) is 3.47. The first-order valence-corrected chi connectivity index (χ1v) is 5.41. The molecule has 0 saturated carbocycles. The third-order valence-corrected chi connectivity index (χ3v) is 2.48. The SMILES string of the molecule is [C-]#[N+]c1ccc([N+](=O)[O-])cc1N(CC(=O)OC)C(C)=O. The van der Waals surface area contributed by atoms with Crippen molar-refractivity contribution in [1.29, 1.82) is 0 Å². The van der Waals surface area contributed by atoms with E-state index in [9.17, 15) is 19.7 Å². The maximum atomic E-state index is 11.6. The molecule has 104 valence electrons. The number of hydrogen-bond donors (Lipinski definition) is 0. The molecule has 1 rings (SSSR count). The fourth-order valence-corrected chi connectivity index (χ4v) is 1.50. The molecule has 0 saturated heterocycles. The monoisotopic (exact) mass is 277 g/mol. The van der Waals surface area contributed by atoms with Gasteiger partial charge < -0.3 is 9.64 Å². The number of non-ortho nitro benzene ring substituents is 1. The number of carbonyl (C=O) groups excluding carboxylic acids is 2. The summed E-state index contributed by atoms with van der Waals surface area (Å²) in [7, 11) is 1.16. The van der Waals surface area contributed by atoms with E-state index < -0.39 is 23.3 Å². The molecule has 1 aromatic rings. The normalized spacial score (nSPS) is 9.45. The van der Waals surface area contributed by atoms with Crippen LogP contribution in [0.25, 0.3) is 4.85 Å². The Morgan fingerprint density at radius 1 is 1.50 bits per heavy atom. The first-order valence-electron chi connectivity index (χ1n) is 5.41. The molecule has 0 unspecified atom stereocenters. The Labute approximate surface area is 114 Å². The van der Waals surface area contributed by atoms with Gasteiger partial charge in [-0.3, -0.25) is 19.7 Å². The molecule has 0 heterocycles. The molecule has 0 aliphatic rings. The number of esters is 1. The van der Waals surface area contributed by atoms with Gasteiger partial charge >= 0.3 is 5.97 Å². The molecule has 0 atom stereocenters. The Balaban J connectivity index is 3.34. The van der Waals surface area contributed by atoms with Gasteiger partial charge in [0.05, 0.1) is 24.3 Å². The van der Waals surface area contributed by atoms with E-state index in [0.29, 0.717) is 0 Å². The van der Waals surface area contributed by atoms with Crippen LogP contribution in [0.4, 0.5) is 17.1 Å². The van der Waals surface area contributed by atoms with Crippen molar-refractivity contribution in [3.8, 4) is 0 Å². The first kappa shape index (κ1) is 15.1. The number of ether oxygens (including phenoxy) is 1. The smallest absolute Gasteiger partial charge is 0.325 e. The van der Waals surface area contributed by atoms with Crippen LogP contribution in [-0.4, -0.2) is 30.5 Å². The molecular weight excluding hydrogens is 266 g/mol. The quantitative estimate of drug-likeness (QED) is 0.361. The second-order valence-electron chi connectivity index (χ2n) is 3.72. The molecule has 0 spiro atoms. The number of hydrogen-bond acceptors (Lipinski definition) is 5. The number of carbonyl (C=O) groups is 2. The van der Waals surface area contributed by atoms with Gasteiger partial charge in [-0.05, 0) is 6.07 Å². The average molecular weight is 277 g/mol. The van der Waals surface area contributed by atoms with Gasteiger partial charge in [-0.15, -0.1) is 0 Å². The van der Waals surface area contributed by atoms with Crippen LogP contribution < -0.4 is 4.90 Å². The number of nitro benzene ring substituents is 1. The number of benzene rings is 1. The lowest BCUT2D eigenvalue weighted by molar-refractivity contribution is -0.384. The molecular formula is C12H11N3O5. The van der Waals surface area contributed by atoms with Crippen molar-refractivity contribution in [3.63, 3.8) is 0 Å². The van der Waals surface area contributed by atoms with E-state index in [2.05, 4.69) is 9.58 Å². The van der Waals surface area contributed by atoms with Gasteiger partial charge in [-0.2, -0.15) is 0 Å². The van der Waals surface area contributed by atoms with Gasteiger partial charge in [0.25, 0.3) is 5.69 Å². The molecule has 0 aliphatic heterocycles. The standard InChI is InChI=1S/C12H11N3O5/c1-8(16)14(7-12(17)20-3)11-6-9(15(18)19)4-5-10(11)13-2/h4-6H,7H2,1,3H3. The Bertz CT molecular complexity index is 606. The first-order chi connectivity index (χ1) is 9.40. The molecule has 20 heavy (non-hydrogen) atoms. The van der Waals surface area contributed by atoms with Crippen LogP contribution in [0.5, 0.6) is 0 Å². The summed E-state index contributed by atoms with van der Waals surface area (Å²) < 4.78 is 4.46. The summed E-state index contributed by atoms with van der Waals surface area (Å²) in [6.07, 6.45) is 0. The minimum absolute atomic E-state index is 0.00657. The molecule has 1 aromatic carbocycles. The maximum Gasteiger partial charge on any atom is 0.325 e. The van der Waals surface area contributed by atoms with Crippen molar-refractivity contribution in [2.45, 2.75) is 6.92 Å². The predicted molar refractivity (Wildman–Crippen MR) is 69.4 cm³/mol. The van der Waals surface area contributed by atoms with E-state index in [4.69, 9.17) is 6.57 Å². The Kier molecular flexibility index (Phi) is 4.75. The van der Waals surface area contributed by atoms with Crippen molar-refractivity contribution in [2.75, 3.05) is 18.6 Å². The highest BCUT2D eigenvalue weighted by atomic mass is 16.6. The lowest BCUT2D eigenvalue weighted by Gasteiger charge is -2.20. The number of nitrogens with zero attached hydrogens (tertiary/aromatic N) is 3. The van der Waals surface area contributed by atoms with Crippen LogP contribution in [0.1, 0.15) is 6.92 Å². The molecule has 8 heteroatoms. The molecule has 1 amide bonds. The van der Waals surface area contributed by atoms with Crippen LogP contribution in [-0.2, 0) is 14.3 Å². The van der Waals surface area contributed by atoms with Gasteiger partial charge in [0.1, 0.15) is 6.54 Å². The largest absolute Gasteiger partial charge is 0.468 e. The van der Waals surface area contributed by atoms with E-state index in [-0.39, 0.29) is 17.1 Å². The Hall–Kier alpha value is -2.95. The fourth-order valence-electron chi connectivity index (χ4n) is 1.50. The third kappa shape index (κ3) is 3.29. The van der Waals surface area contributed by atoms with Crippen molar-refractivity contribution in [1.82, 2.24) is 0 Å². The summed E-state index contributed by atoms with van der Waals surface area (Å²) in [6.45, 7) is 7.79. The van der Waals surface area contributed by atoms with E-state index in [1.807, 2.05) is 0 Å². The second-order valence-corrected chi connectivity index (χ2v) is 3.72. The minimum atomic E-state index is -0.692. The summed E-state index contributed by atoms with van der Waals surface area (Å²) in [5.41, 5.74) is -0.231. The van der Waals surface area contributed by atoms with Gasteiger partial charge in [-0.25, -0.2) is 4.85 Å². The van der Waals surface area contributed by atoms with E-state index in [0.717, 1.165) is 24.1 Å². The van der Waals surface area contributed by atoms with Crippen LogP contribution in [0.2, 0.25) is 0 Å². The Morgan fingerprint density at radius 2 is 2.15 bits per heavy atom. The molecule has 0 aliphatic carbocycles. The number of anilines is 1. The highest BCUT2D eigenvalue weighted by Crippen LogP contribution is 2.32. The second kappa shape index (κ2) is 6.29. The molecule has 8 nitrogen and oxygen atoms in total. The summed E-state index contributed by atoms with van der Waals surface area (Å²) in [5, 5.41) is 10.8. The van der Waals surface area contributed by atoms with Crippen molar-refractivity contribution in [3.05, 3.63) is 39.7 Å². The summed E-state index contributed by atoms with van der Waals surface area (Å²) in [5.74, 6) is -1.22. The number of amides is 1. The minimum Gasteiger partial charge on any atom is -0.468 e. The molecule has 0 fully saturated rings. The van der Waals surface area contributed by atoms with E-state index in [1.54, 1.807) is 0 Å². The average Bonchev–Trinajstić information content (AvgIpc) is 2.43. The fraction of sp³-hybridized carbons (Fsp3) is 0.250. The lowest BCUT2D eigenvalue weighted by Crippen LogP contribution is -2.34. The number of nitro groups is 1. The molecule has 0 aromatic heterocycles. The third-order valence-electron chi connectivity index (χ3n) is 2.48. The predicted octanol–water partition coefficient (Wildman–Crippen LogP) is 1.67.